The predicted molar refractivity (Wildman–Crippen MR) is 154 cm³/mol. The fourth-order valence-electron chi connectivity index (χ4n) is 3.65. The quantitative estimate of drug-likeness (QED) is 0.0852. The van der Waals surface area contributed by atoms with E-state index in [-0.39, 0.29) is 55.6 Å². The standard InChI is InChI=1S/C27H21Cl2N3O8S/c1-2-3-10-39-26(35)19-11-15(4-7-21(19)29)30-24(33)14-31-25(34)23(41-27(31)36)13-17-6-9-22(40-17)18-12-16(32(37)38)5-8-20(18)28/h4-9,11-13H,2-3,10,14H2,1H3,(H,30,33)/b23-13+. The molecule has 1 N–H and O–H groups in total. The zero-order chi connectivity index (χ0) is 29.7. The van der Waals surface area contributed by atoms with Gasteiger partial charge in [0.1, 0.15) is 18.1 Å². The summed E-state index contributed by atoms with van der Waals surface area (Å²) in [6, 6.07) is 11.2. The maximum atomic E-state index is 12.9. The van der Waals surface area contributed by atoms with Crippen molar-refractivity contribution in [1.29, 1.82) is 0 Å². The largest absolute Gasteiger partial charge is 0.462 e. The van der Waals surface area contributed by atoms with E-state index in [0.29, 0.717) is 18.2 Å². The van der Waals surface area contributed by atoms with Gasteiger partial charge in [0, 0.05) is 29.5 Å². The number of nitro benzene ring substituents is 1. The summed E-state index contributed by atoms with van der Waals surface area (Å²) in [5.74, 6) is -1.61. The lowest BCUT2D eigenvalue weighted by Crippen LogP contribution is -2.36. The highest BCUT2D eigenvalue weighted by Gasteiger charge is 2.36. The van der Waals surface area contributed by atoms with Crippen LogP contribution in [0.5, 0.6) is 0 Å². The minimum atomic E-state index is -0.710. The lowest BCUT2D eigenvalue weighted by atomic mass is 10.1. The molecule has 0 bridgehead atoms. The Morgan fingerprint density at radius 1 is 1.12 bits per heavy atom. The number of anilines is 1. The smallest absolute Gasteiger partial charge is 0.339 e. The zero-order valence-electron chi connectivity index (χ0n) is 21.3. The third-order valence-electron chi connectivity index (χ3n) is 5.70. The van der Waals surface area contributed by atoms with Crippen LogP contribution >= 0.6 is 35.0 Å². The molecule has 1 saturated heterocycles. The summed E-state index contributed by atoms with van der Waals surface area (Å²) in [7, 11) is 0. The minimum absolute atomic E-state index is 0.0115. The van der Waals surface area contributed by atoms with E-state index in [1.807, 2.05) is 6.92 Å². The van der Waals surface area contributed by atoms with E-state index >= 15 is 0 Å². The van der Waals surface area contributed by atoms with Crippen LogP contribution in [-0.4, -0.2) is 46.0 Å². The molecular weight excluding hydrogens is 597 g/mol. The lowest BCUT2D eigenvalue weighted by molar-refractivity contribution is -0.384. The first-order valence-corrected chi connectivity index (χ1v) is 13.7. The third-order valence-corrected chi connectivity index (χ3v) is 7.27. The molecule has 2 aromatic carbocycles. The maximum absolute atomic E-state index is 12.9. The second-order valence-corrected chi connectivity index (χ2v) is 10.4. The van der Waals surface area contributed by atoms with Crippen LogP contribution in [0, 0.1) is 10.1 Å². The van der Waals surface area contributed by atoms with Crippen LogP contribution in [0.2, 0.25) is 10.0 Å². The summed E-state index contributed by atoms with van der Waals surface area (Å²) >= 11 is 12.9. The van der Waals surface area contributed by atoms with E-state index in [4.69, 9.17) is 32.4 Å². The van der Waals surface area contributed by atoms with Gasteiger partial charge in [-0.2, -0.15) is 0 Å². The maximum Gasteiger partial charge on any atom is 0.339 e. The molecule has 3 amide bonds. The molecule has 4 rings (SSSR count). The van der Waals surface area contributed by atoms with Gasteiger partial charge in [0.15, 0.2) is 0 Å². The van der Waals surface area contributed by atoms with Crippen molar-refractivity contribution >= 4 is 75.4 Å². The van der Waals surface area contributed by atoms with E-state index in [2.05, 4.69) is 5.32 Å². The molecule has 0 radical (unpaired) electrons. The Balaban J connectivity index is 1.43. The topological polar surface area (TPSA) is 149 Å². The van der Waals surface area contributed by atoms with Crippen LogP contribution in [0.4, 0.5) is 16.2 Å². The van der Waals surface area contributed by atoms with Gasteiger partial charge in [-0.15, -0.1) is 0 Å². The number of rotatable bonds is 10. The van der Waals surface area contributed by atoms with Gasteiger partial charge >= 0.3 is 5.97 Å². The summed E-state index contributed by atoms with van der Waals surface area (Å²) in [5, 5.41) is 13.4. The van der Waals surface area contributed by atoms with Crippen molar-refractivity contribution in [2.24, 2.45) is 0 Å². The van der Waals surface area contributed by atoms with Crippen molar-refractivity contribution in [2.75, 3.05) is 18.5 Å². The first-order chi connectivity index (χ1) is 19.6. The Morgan fingerprint density at radius 2 is 1.88 bits per heavy atom. The summed E-state index contributed by atoms with van der Waals surface area (Å²) in [5.41, 5.74) is 0.402. The summed E-state index contributed by atoms with van der Waals surface area (Å²) < 4.78 is 10.9. The Hall–Kier alpha value is -4.13. The molecule has 0 unspecified atom stereocenters. The van der Waals surface area contributed by atoms with Gasteiger partial charge in [0.25, 0.3) is 16.8 Å². The number of carbonyl (C=O) groups excluding carboxylic acids is 4. The van der Waals surface area contributed by atoms with Gasteiger partial charge in [-0.25, -0.2) is 4.79 Å². The number of carbonyl (C=O) groups is 4. The number of hydrogen-bond acceptors (Lipinski definition) is 9. The van der Waals surface area contributed by atoms with Gasteiger partial charge in [0.2, 0.25) is 5.91 Å². The van der Waals surface area contributed by atoms with Gasteiger partial charge < -0.3 is 14.5 Å². The lowest BCUT2D eigenvalue weighted by Gasteiger charge is -2.13. The van der Waals surface area contributed by atoms with Crippen molar-refractivity contribution in [3.8, 4) is 11.3 Å². The number of non-ortho nitro benzene ring substituents is 1. The van der Waals surface area contributed by atoms with Crippen LogP contribution in [0.3, 0.4) is 0 Å². The molecule has 0 spiro atoms. The van der Waals surface area contributed by atoms with Crippen molar-refractivity contribution in [3.05, 3.63) is 84.9 Å². The van der Waals surface area contributed by atoms with Crippen molar-refractivity contribution in [2.45, 2.75) is 19.8 Å². The van der Waals surface area contributed by atoms with Crippen LogP contribution in [-0.2, 0) is 14.3 Å². The molecule has 11 nitrogen and oxygen atoms in total. The zero-order valence-corrected chi connectivity index (χ0v) is 23.7. The van der Waals surface area contributed by atoms with Gasteiger partial charge in [-0.05, 0) is 54.6 Å². The molecule has 0 atom stereocenters. The number of thioether (sulfide) groups is 1. The molecular formula is C27H21Cl2N3O8S. The molecule has 0 saturated carbocycles. The number of unbranched alkanes of at least 4 members (excludes halogenated alkanes) is 1. The fourth-order valence-corrected chi connectivity index (χ4v) is 4.87. The summed E-state index contributed by atoms with van der Waals surface area (Å²) in [6.07, 6.45) is 2.87. The first-order valence-electron chi connectivity index (χ1n) is 12.1. The van der Waals surface area contributed by atoms with E-state index < -0.39 is 34.5 Å². The Labute approximate surface area is 247 Å². The van der Waals surface area contributed by atoms with Crippen LogP contribution < -0.4 is 5.32 Å². The van der Waals surface area contributed by atoms with Crippen LogP contribution in [0.25, 0.3) is 17.4 Å². The highest BCUT2D eigenvalue weighted by molar-refractivity contribution is 8.18. The van der Waals surface area contributed by atoms with Crippen molar-refractivity contribution in [1.82, 2.24) is 4.90 Å². The number of nitrogens with one attached hydrogen (secondary N) is 1. The van der Waals surface area contributed by atoms with Gasteiger partial charge in [-0.3, -0.25) is 29.4 Å². The second kappa shape index (κ2) is 13.0. The van der Waals surface area contributed by atoms with Crippen molar-refractivity contribution < 1.29 is 33.3 Å². The molecule has 1 aliphatic rings. The molecule has 3 aromatic rings. The van der Waals surface area contributed by atoms with E-state index in [1.165, 1.54) is 54.6 Å². The highest BCUT2D eigenvalue weighted by atomic mass is 35.5. The number of nitrogens with zero attached hydrogens (tertiary/aromatic N) is 2. The molecule has 0 aliphatic carbocycles. The average Bonchev–Trinajstić information content (AvgIpc) is 3.50. The number of nitro groups is 1. The third kappa shape index (κ3) is 7.15. The summed E-state index contributed by atoms with van der Waals surface area (Å²) in [6.45, 7) is 1.61. The fraction of sp³-hybridized carbons (Fsp3) is 0.185. The van der Waals surface area contributed by atoms with Gasteiger partial charge in [-0.1, -0.05) is 36.5 Å². The van der Waals surface area contributed by atoms with Gasteiger partial charge in [0.05, 0.1) is 32.0 Å². The van der Waals surface area contributed by atoms with E-state index in [1.54, 1.807) is 0 Å². The number of imide groups is 1. The van der Waals surface area contributed by atoms with Crippen LogP contribution in [0.15, 0.2) is 57.9 Å². The molecule has 41 heavy (non-hydrogen) atoms. The number of benzene rings is 2. The van der Waals surface area contributed by atoms with Crippen molar-refractivity contribution in [3.63, 3.8) is 0 Å². The molecule has 1 fully saturated rings. The minimum Gasteiger partial charge on any atom is -0.462 e. The number of furan rings is 1. The number of hydrogen-bond donors (Lipinski definition) is 1. The molecule has 1 aromatic heterocycles. The Kier molecular flexibility index (Phi) is 9.48. The molecule has 2 heterocycles. The normalized spacial score (nSPS) is 14.0. The highest BCUT2D eigenvalue weighted by Crippen LogP contribution is 2.36. The number of esters is 1. The monoisotopic (exact) mass is 617 g/mol. The van der Waals surface area contributed by atoms with Crippen LogP contribution in [0.1, 0.15) is 35.9 Å². The average molecular weight is 618 g/mol. The number of halogens is 2. The van der Waals surface area contributed by atoms with E-state index in [9.17, 15) is 29.3 Å². The molecule has 212 valence electrons. The number of ether oxygens (including phenoxy) is 1. The Morgan fingerprint density at radius 3 is 2.61 bits per heavy atom. The molecule has 1 aliphatic heterocycles. The van der Waals surface area contributed by atoms with E-state index in [0.717, 1.165) is 11.3 Å². The Bertz CT molecular complexity index is 1590. The summed E-state index contributed by atoms with van der Waals surface area (Å²) in [4.78, 5) is 61.7. The second-order valence-electron chi connectivity index (χ2n) is 8.62. The first kappa shape index (κ1) is 29.8. The number of amides is 3. The SMILES string of the molecule is CCCCOC(=O)c1cc(NC(=O)CN2C(=O)S/C(=C/c3ccc(-c4cc([N+](=O)[O-])ccc4Cl)o3)C2=O)ccc1Cl. The molecule has 14 heteroatoms. The predicted octanol–water partition coefficient (Wildman–Crippen LogP) is 6.79.